The zero-order valence-corrected chi connectivity index (χ0v) is 54.8. The first-order chi connectivity index (χ1) is 44.9. The molecule has 1 aliphatic carbocycles. The molecule has 4 heterocycles. The first kappa shape index (κ1) is 73.8. The number of aryl methyl sites for hydroxylation is 1. The van der Waals surface area contributed by atoms with Crippen LogP contribution in [0.25, 0.3) is 22.3 Å². The second kappa shape index (κ2) is 38.1. The van der Waals surface area contributed by atoms with Crippen LogP contribution in [-0.4, -0.2) is 182 Å². The van der Waals surface area contributed by atoms with E-state index < -0.39 is 64.9 Å². The molecule has 0 saturated heterocycles. The third-order valence-electron chi connectivity index (χ3n) is 16.4. The molecule has 0 saturated carbocycles. The summed E-state index contributed by atoms with van der Waals surface area (Å²) in [6.07, 6.45) is 2.56. The average Bonchev–Trinajstić information content (AvgIpc) is 1.63. The lowest BCUT2D eigenvalue weighted by molar-refractivity contribution is -0.172. The molecule has 0 radical (unpaired) electrons. The largest absolute Gasteiger partial charge is 0.458 e. The minimum Gasteiger partial charge on any atom is -0.458 e. The molecule has 0 bridgehead atoms. The van der Waals surface area contributed by atoms with Crippen molar-refractivity contribution in [3.05, 3.63) is 91.5 Å². The minimum atomic E-state index is -2.04. The number of rotatable bonds is 44. The highest BCUT2D eigenvalue weighted by Gasteiger charge is 2.46. The van der Waals surface area contributed by atoms with Crippen LogP contribution in [0.15, 0.2) is 41.2 Å². The number of carbonyl (C=O) groups is 5. The van der Waals surface area contributed by atoms with Gasteiger partial charge in [0, 0.05) is 41.3 Å². The van der Waals surface area contributed by atoms with Crippen LogP contribution in [0.2, 0.25) is 0 Å². The highest BCUT2D eigenvalue weighted by Crippen LogP contribution is 2.46. The predicted octanol–water partition coefficient (Wildman–Crippen LogP) is 5.72. The number of amides is 4. The lowest BCUT2D eigenvalue weighted by atomic mass is 9.81. The van der Waals surface area contributed by atoms with Crippen LogP contribution in [0.3, 0.4) is 0 Å². The molecule has 2 aromatic heterocycles. The van der Waals surface area contributed by atoms with E-state index in [0.29, 0.717) is 187 Å². The van der Waals surface area contributed by atoms with Gasteiger partial charge < -0.3 is 88.8 Å². The Morgan fingerprint density at radius 2 is 1.31 bits per heavy atom. The molecule has 25 nitrogen and oxygen atoms in total. The fourth-order valence-corrected chi connectivity index (χ4v) is 11.1. The van der Waals surface area contributed by atoms with Crippen molar-refractivity contribution in [3.8, 4) is 11.4 Å². The molecule has 2 aromatic carbocycles. The number of alkyl carbamates (subject to hydrolysis) is 1. The summed E-state index contributed by atoms with van der Waals surface area (Å²) in [5, 5.41) is 23.6. The Hall–Kier alpha value is -6.56. The molecule has 4 amide bonds. The fraction of sp³-hybridized carbons (Fsp3) is 0.627. The number of fused-ring (bicyclic) bond motifs is 5. The van der Waals surface area contributed by atoms with E-state index >= 15 is 4.39 Å². The molecule has 3 aliphatic rings. The number of cyclic esters (lactones) is 1. The van der Waals surface area contributed by atoms with Crippen molar-refractivity contribution in [2.45, 2.75) is 136 Å². The fourth-order valence-electron chi connectivity index (χ4n) is 11.1. The summed E-state index contributed by atoms with van der Waals surface area (Å²) in [4.78, 5) is 86.0. The van der Waals surface area contributed by atoms with E-state index in [4.69, 9.17) is 62.8 Å². The van der Waals surface area contributed by atoms with Crippen molar-refractivity contribution in [2.24, 2.45) is 17.6 Å². The van der Waals surface area contributed by atoms with Gasteiger partial charge in [-0.2, -0.15) is 0 Å². The number of esters is 1. The summed E-state index contributed by atoms with van der Waals surface area (Å²) >= 11 is 0. The van der Waals surface area contributed by atoms with Gasteiger partial charge in [0.1, 0.15) is 31.1 Å². The molecule has 0 fully saturated rings. The number of hydrogen-bond donors (Lipinski definition) is 6. The SMILES string of the molecule is CCC1(O)C(=O)OCc2c1cc1n(c2=O)Cc2c-1nc1cc(F)c(C)c3c1c2[C@@H](NC(=O)OCc1ccc(NC(=O)[C@H](CCCCN)NC(=O)[C@@H](NC(=O)CCOCCOCCOCCOCCOCCOCCOCCOCCOCCC(C)C)C(C)C)cc1)CC3. The second-order valence-corrected chi connectivity index (χ2v) is 23.9. The first-order valence-corrected chi connectivity index (χ1v) is 32.6. The summed E-state index contributed by atoms with van der Waals surface area (Å²) in [5.41, 5.74) is 8.24. The number of anilines is 1. The van der Waals surface area contributed by atoms with E-state index in [0.717, 1.165) is 18.6 Å². The Kier molecular flexibility index (Phi) is 30.3. The van der Waals surface area contributed by atoms with E-state index in [9.17, 15) is 33.9 Å². The van der Waals surface area contributed by atoms with Gasteiger partial charge in [0.2, 0.25) is 17.7 Å². The molecular formula is C67H96FN7O18. The Bertz CT molecular complexity index is 3150. The number of pyridine rings is 2. The standard InChI is InChI=1S/C67H96FN7O18/c1-7-67(82)51-38-56-61-49(40-75(56)64(79)50(51)42-92-65(67)80)59-53(16-15-48-45(6)52(68)39-55(71-61)58(48)59)73-66(81)93-41-46-11-13-47(14-12-46)70-62(77)54(10-8-9-19-69)72-63(78)60(44(4)5)74-57(76)18-21-84-23-25-86-27-29-88-31-33-90-35-37-91-36-34-89-32-30-87-28-26-85-24-22-83-20-17-43(2)3/h11-14,38-39,43-44,53-54,60,82H,7-10,15-37,40-42,69H2,1-6H3,(H,70,77)(H,72,78)(H,73,81)(H,74,76)/t53-,54-,60-,67?/m0/s1. The predicted molar refractivity (Wildman–Crippen MR) is 342 cm³/mol. The van der Waals surface area contributed by atoms with Crippen molar-refractivity contribution in [3.63, 3.8) is 0 Å². The maximum absolute atomic E-state index is 15.5. The average molecular weight is 1310 g/mol. The van der Waals surface area contributed by atoms with Crippen LogP contribution in [0.5, 0.6) is 0 Å². The maximum atomic E-state index is 15.5. The molecule has 4 aromatic rings. The monoisotopic (exact) mass is 1310 g/mol. The normalized spacial score (nSPS) is 16.2. The zero-order chi connectivity index (χ0) is 66.7. The van der Waals surface area contributed by atoms with Crippen LogP contribution in [0, 0.1) is 24.6 Å². The van der Waals surface area contributed by atoms with Gasteiger partial charge in [0.25, 0.3) is 5.56 Å². The summed E-state index contributed by atoms with van der Waals surface area (Å²) in [7, 11) is 0. The Morgan fingerprint density at radius 3 is 1.86 bits per heavy atom. The third-order valence-corrected chi connectivity index (χ3v) is 16.4. The summed E-state index contributed by atoms with van der Waals surface area (Å²) in [6.45, 7) is 19.2. The van der Waals surface area contributed by atoms with Crippen molar-refractivity contribution in [1.29, 1.82) is 0 Å². The number of aliphatic hydroxyl groups is 1. The van der Waals surface area contributed by atoms with Gasteiger partial charge in [-0.15, -0.1) is 0 Å². The number of ether oxygens (including phenoxy) is 11. The van der Waals surface area contributed by atoms with Crippen molar-refractivity contribution < 1.29 is 85.6 Å². The zero-order valence-electron chi connectivity index (χ0n) is 54.8. The number of unbranched alkanes of at least 4 members (excludes halogenated alkanes) is 1. The van der Waals surface area contributed by atoms with Crippen LogP contribution < -0.4 is 32.6 Å². The third kappa shape index (κ3) is 21.5. The number of halogens is 1. The van der Waals surface area contributed by atoms with Crippen molar-refractivity contribution in [1.82, 2.24) is 25.5 Å². The van der Waals surface area contributed by atoms with E-state index in [1.165, 1.54) is 10.6 Å². The topological polar surface area (TPSA) is 316 Å². The number of benzene rings is 2. The Morgan fingerprint density at radius 1 is 0.742 bits per heavy atom. The van der Waals surface area contributed by atoms with Gasteiger partial charge in [-0.1, -0.05) is 46.8 Å². The maximum Gasteiger partial charge on any atom is 0.407 e. The van der Waals surface area contributed by atoms with Gasteiger partial charge in [-0.25, -0.2) is 19.0 Å². The van der Waals surface area contributed by atoms with Gasteiger partial charge in [0.05, 0.1) is 147 Å². The molecule has 7 rings (SSSR count). The highest BCUT2D eigenvalue weighted by atomic mass is 19.1. The lowest BCUT2D eigenvalue weighted by Crippen LogP contribution is -2.54. The molecule has 514 valence electrons. The van der Waals surface area contributed by atoms with Crippen LogP contribution in [-0.2, 0) is 103 Å². The number of nitrogens with two attached hydrogens (primary N) is 1. The first-order valence-electron chi connectivity index (χ1n) is 32.6. The molecule has 26 heteroatoms. The van der Waals surface area contributed by atoms with E-state index in [-0.39, 0.29) is 69.3 Å². The smallest absolute Gasteiger partial charge is 0.407 e. The highest BCUT2D eigenvalue weighted by molar-refractivity contribution is 5.98. The Balaban J connectivity index is 0.766. The molecule has 7 N–H and O–H groups in total. The van der Waals surface area contributed by atoms with Gasteiger partial charge in [0.15, 0.2) is 5.60 Å². The molecule has 0 spiro atoms. The number of carbonyl (C=O) groups excluding carboxylic acids is 5. The van der Waals surface area contributed by atoms with Gasteiger partial charge >= 0.3 is 12.1 Å². The summed E-state index contributed by atoms with van der Waals surface area (Å²) < 4.78 is 77.7. The summed E-state index contributed by atoms with van der Waals surface area (Å²) in [6, 6.07) is 7.09. The van der Waals surface area contributed by atoms with Gasteiger partial charge in [-0.3, -0.25) is 19.2 Å². The van der Waals surface area contributed by atoms with E-state index in [1.807, 2.05) is 0 Å². The Labute approximate surface area is 543 Å². The number of aromatic nitrogens is 2. The summed E-state index contributed by atoms with van der Waals surface area (Å²) in [5.74, 6) is -2.36. The van der Waals surface area contributed by atoms with Crippen molar-refractivity contribution in [2.75, 3.05) is 131 Å². The molecule has 4 atom stereocenters. The van der Waals surface area contributed by atoms with Gasteiger partial charge in [-0.05, 0) is 111 Å². The molecular weight excluding hydrogens is 1210 g/mol. The van der Waals surface area contributed by atoms with Crippen LogP contribution in [0.1, 0.15) is 125 Å². The second-order valence-electron chi connectivity index (χ2n) is 23.9. The van der Waals surface area contributed by atoms with Crippen molar-refractivity contribution >= 4 is 46.4 Å². The molecule has 93 heavy (non-hydrogen) atoms. The molecule has 2 aliphatic heterocycles. The molecule has 1 unspecified atom stereocenters. The van der Waals surface area contributed by atoms with Crippen LogP contribution in [0.4, 0.5) is 14.9 Å². The number of nitrogens with one attached hydrogen (secondary N) is 4. The quantitative estimate of drug-likeness (QED) is 0.0201. The van der Waals surface area contributed by atoms with E-state index in [2.05, 4.69) is 35.1 Å². The number of nitrogens with zero attached hydrogens (tertiary/aromatic N) is 2. The van der Waals surface area contributed by atoms with Crippen LogP contribution >= 0.6 is 0 Å². The minimum absolute atomic E-state index is 0.000929. The number of hydrogen-bond acceptors (Lipinski definition) is 20. The lowest BCUT2D eigenvalue weighted by Gasteiger charge is -2.31. The van der Waals surface area contributed by atoms with E-state index in [1.54, 1.807) is 58.0 Å².